The normalized spacial score (nSPS) is 10.2. The number of benzene rings is 2. The van der Waals surface area contributed by atoms with Gasteiger partial charge in [-0.15, -0.1) is 11.3 Å². The van der Waals surface area contributed by atoms with Crippen LogP contribution in [0.15, 0.2) is 60.0 Å². The molecule has 0 fully saturated rings. The predicted molar refractivity (Wildman–Crippen MR) is 112 cm³/mol. The maximum absolute atomic E-state index is 12.2. The highest BCUT2D eigenvalue weighted by molar-refractivity contribution is 7.10. The number of anilines is 1. The molecule has 3 aromatic rings. The summed E-state index contributed by atoms with van der Waals surface area (Å²) in [5, 5.41) is 4.75. The van der Waals surface area contributed by atoms with E-state index < -0.39 is 11.9 Å². The first-order valence-corrected chi connectivity index (χ1v) is 9.79. The van der Waals surface area contributed by atoms with Crippen LogP contribution in [0.2, 0.25) is 0 Å². The van der Waals surface area contributed by atoms with E-state index in [4.69, 9.17) is 14.2 Å². The van der Waals surface area contributed by atoms with E-state index in [-0.39, 0.29) is 17.0 Å². The van der Waals surface area contributed by atoms with Crippen LogP contribution in [-0.2, 0) is 20.7 Å². The summed E-state index contributed by atoms with van der Waals surface area (Å²) in [6.45, 7) is 0. The fourth-order valence-corrected chi connectivity index (χ4v) is 3.41. The van der Waals surface area contributed by atoms with Crippen LogP contribution in [-0.4, -0.2) is 32.1 Å². The molecule has 7 nitrogen and oxygen atoms in total. The predicted octanol–water partition coefficient (Wildman–Crippen LogP) is 4.29. The minimum atomic E-state index is -0.685. The van der Waals surface area contributed by atoms with Crippen LogP contribution in [0.5, 0.6) is 11.5 Å². The van der Waals surface area contributed by atoms with Gasteiger partial charge in [0.25, 0.3) is 0 Å². The maximum Gasteiger partial charge on any atom is 0.338 e. The molecule has 0 radical (unpaired) electrons. The first-order valence-electron chi connectivity index (χ1n) is 8.91. The van der Waals surface area contributed by atoms with Crippen molar-refractivity contribution in [2.75, 3.05) is 19.5 Å². The Hall–Kier alpha value is -3.65. The highest BCUT2D eigenvalue weighted by atomic mass is 32.1. The minimum absolute atomic E-state index is 0.0299. The van der Waals surface area contributed by atoms with E-state index in [1.807, 2.05) is 17.5 Å². The molecule has 8 heteroatoms. The molecule has 1 N–H and O–H groups in total. The van der Waals surface area contributed by atoms with Gasteiger partial charge in [-0.25, -0.2) is 9.59 Å². The largest absolute Gasteiger partial charge is 0.465 e. The van der Waals surface area contributed by atoms with E-state index >= 15 is 0 Å². The molecular formula is C22H19NO6S. The van der Waals surface area contributed by atoms with Crippen molar-refractivity contribution in [3.8, 4) is 11.5 Å². The highest BCUT2D eigenvalue weighted by Gasteiger charge is 2.19. The van der Waals surface area contributed by atoms with Crippen molar-refractivity contribution in [2.45, 2.75) is 6.42 Å². The van der Waals surface area contributed by atoms with Gasteiger partial charge in [-0.3, -0.25) is 4.79 Å². The molecule has 0 aliphatic rings. The Morgan fingerprint density at radius 3 is 2.30 bits per heavy atom. The van der Waals surface area contributed by atoms with Crippen molar-refractivity contribution in [1.82, 2.24) is 0 Å². The number of methoxy groups -OCH3 is 2. The SMILES string of the molecule is COC(=O)c1ccc(Oc2cccc(NC(=O)Cc3cccs3)c2)cc1C(=O)OC. The van der Waals surface area contributed by atoms with Crippen molar-refractivity contribution in [1.29, 1.82) is 0 Å². The summed E-state index contributed by atoms with van der Waals surface area (Å²) in [6, 6.07) is 15.0. The average Bonchev–Trinajstić information content (AvgIpc) is 3.25. The first kappa shape index (κ1) is 21.1. The molecule has 0 bridgehead atoms. The Labute approximate surface area is 177 Å². The lowest BCUT2D eigenvalue weighted by Gasteiger charge is -2.11. The summed E-state index contributed by atoms with van der Waals surface area (Å²) in [4.78, 5) is 37.1. The number of ether oxygens (including phenoxy) is 3. The number of esters is 2. The first-order chi connectivity index (χ1) is 14.5. The van der Waals surface area contributed by atoms with Crippen LogP contribution in [0.4, 0.5) is 5.69 Å². The van der Waals surface area contributed by atoms with Crippen LogP contribution in [0.1, 0.15) is 25.6 Å². The highest BCUT2D eigenvalue weighted by Crippen LogP contribution is 2.27. The fraction of sp³-hybridized carbons (Fsp3) is 0.136. The van der Waals surface area contributed by atoms with Crippen LogP contribution in [0, 0.1) is 0 Å². The minimum Gasteiger partial charge on any atom is -0.465 e. The summed E-state index contributed by atoms with van der Waals surface area (Å²) in [7, 11) is 2.45. The second kappa shape index (κ2) is 9.71. The van der Waals surface area contributed by atoms with Gasteiger partial charge in [-0.2, -0.15) is 0 Å². The van der Waals surface area contributed by atoms with Gasteiger partial charge in [0.1, 0.15) is 11.5 Å². The third kappa shape index (κ3) is 5.24. The zero-order valence-electron chi connectivity index (χ0n) is 16.3. The third-order valence-electron chi connectivity index (χ3n) is 4.07. The molecule has 3 rings (SSSR count). The van der Waals surface area contributed by atoms with Crippen molar-refractivity contribution in [2.24, 2.45) is 0 Å². The Morgan fingerprint density at radius 1 is 0.867 bits per heavy atom. The smallest absolute Gasteiger partial charge is 0.338 e. The van der Waals surface area contributed by atoms with Crippen LogP contribution in [0.3, 0.4) is 0 Å². The quantitative estimate of drug-likeness (QED) is 0.568. The van der Waals surface area contributed by atoms with Gasteiger partial charge in [0, 0.05) is 16.6 Å². The number of amides is 1. The molecule has 0 saturated carbocycles. The molecule has 0 unspecified atom stereocenters. The summed E-state index contributed by atoms with van der Waals surface area (Å²) in [6.07, 6.45) is 0.292. The molecule has 154 valence electrons. The Bertz CT molecular complexity index is 1060. The van der Waals surface area contributed by atoms with Crippen LogP contribution >= 0.6 is 11.3 Å². The van der Waals surface area contributed by atoms with Crippen LogP contribution in [0.25, 0.3) is 0 Å². The Morgan fingerprint density at radius 2 is 1.60 bits per heavy atom. The van der Waals surface area contributed by atoms with Crippen molar-refractivity contribution >= 4 is 34.9 Å². The Kier molecular flexibility index (Phi) is 6.82. The molecule has 0 aliphatic carbocycles. The zero-order valence-corrected chi connectivity index (χ0v) is 17.2. The third-order valence-corrected chi connectivity index (χ3v) is 4.95. The number of hydrogen-bond acceptors (Lipinski definition) is 7. The van der Waals surface area contributed by atoms with Crippen molar-refractivity contribution in [3.63, 3.8) is 0 Å². The topological polar surface area (TPSA) is 90.9 Å². The summed E-state index contributed by atoms with van der Waals surface area (Å²) in [5.41, 5.74) is 0.682. The lowest BCUT2D eigenvalue weighted by atomic mass is 10.1. The second-order valence-electron chi connectivity index (χ2n) is 6.12. The molecule has 1 heterocycles. The van der Waals surface area contributed by atoms with Crippen molar-refractivity contribution < 1.29 is 28.6 Å². The molecule has 1 aromatic heterocycles. The molecule has 0 spiro atoms. The van der Waals surface area contributed by atoms with Gasteiger partial charge in [-0.05, 0) is 41.8 Å². The monoisotopic (exact) mass is 425 g/mol. The number of thiophene rings is 1. The molecular weight excluding hydrogens is 406 g/mol. The zero-order chi connectivity index (χ0) is 21.5. The standard InChI is InChI=1S/C22H19NO6S/c1-27-21(25)18-9-8-16(12-19(18)22(26)28-2)29-15-6-3-5-14(11-15)23-20(24)13-17-7-4-10-30-17/h3-12H,13H2,1-2H3,(H,23,24). The van der Waals surface area contributed by atoms with Gasteiger partial charge < -0.3 is 19.5 Å². The molecule has 0 atom stereocenters. The fourth-order valence-electron chi connectivity index (χ4n) is 2.70. The summed E-state index contributed by atoms with van der Waals surface area (Å²) >= 11 is 1.52. The van der Waals surface area contributed by atoms with E-state index in [0.29, 0.717) is 23.6 Å². The van der Waals surface area contributed by atoms with E-state index in [0.717, 1.165) is 4.88 Å². The van der Waals surface area contributed by atoms with Gasteiger partial charge >= 0.3 is 11.9 Å². The number of nitrogens with one attached hydrogen (secondary N) is 1. The molecule has 30 heavy (non-hydrogen) atoms. The second-order valence-corrected chi connectivity index (χ2v) is 7.16. The molecule has 2 aromatic carbocycles. The number of hydrogen-bond donors (Lipinski definition) is 1. The van der Waals surface area contributed by atoms with Gasteiger partial charge in [-0.1, -0.05) is 12.1 Å². The van der Waals surface area contributed by atoms with Gasteiger partial charge in [0.05, 0.1) is 31.8 Å². The van der Waals surface area contributed by atoms with E-state index in [2.05, 4.69) is 5.32 Å². The molecule has 0 saturated heterocycles. The maximum atomic E-state index is 12.2. The number of carbonyl (C=O) groups is 3. The Balaban J connectivity index is 1.76. The molecule has 0 aliphatic heterocycles. The molecule has 1 amide bonds. The van der Waals surface area contributed by atoms with E-state index in [1.54, 1.807) is 30.3 Å². The van der Waals surface area contributed by atoms with Crippen LogP contribution < -0.4 is 10.1 Å². The number of carbonyl (C=O) groups excluding carboxylic acids is 3. The number of rotatable bonds is 7. The van der Waals surface area contributed by atoms with E-state index in [9.17, 15) is 14.4 Å². The summed E-state index contributed by atoms with van der Waals surface area (Å²) < 4.78 is 15.2. The average molecular weight is 425 g/mol. The van der Waals surface area contributed by atoms with Crippen molar-refractivity contribution in [3.05, 3.63) is 76.0 Å². The lowest BCUT2D eigenvalue weighted by molar-refractivity contribution is -0.115. The van der Waals surface area contributed by atoms with Gasteiger partial charge in [0.2, 0.25) is 5.91 Å². The summed E-state index contributed by atoms with van der Waals surface area (Å²) in [5.74, 6) is -0.700. The lowest BCUT2D eigenvalue weighted by Crippen LogP contribution is -2.13. The van der Waals surface area contributed by atoms with E-state index in [1.165, 1.54) is 37.7 Å². The van der Waals surface area contributed by atoms with Gasteiger partial charge in [0.15, 0.2) is 0 Å².